The molecule has 2 heteroatoms. The van der Waals surface area contributed by atoms with Gasteiger partial charge in [-0.15, -0.1) is 0 Å². The first-order valence-electron chi connectivity index (χ1n) is 2.45. The van der Waals surface area contributed by atoms with Gasteiger partial charge in [-0.2, -0.15) is 0 Å². The van der Waals surface area contributed by atoms with E-state index in [1.54, 1.807) is 0 Å². The molecule has 0 aliphatic carbocycles. The summed E-state index contributed by atoms with van der Waals surface area (Å²) in [5.74, 6) is 0. The predicted molar refractivity (Wildman–Crippen MR) is 26.6 cm³/mol. The van der Waals surface area contributed by atoms with E-state index in [1.165, 1.54) is 0 Å². The molecule has 1 aromatic rings. The Labute approximate surface area is 60.2 Å². The fourth-order valence-corrected chi connectivity index (χ4v) is 0.943. The average molecular weight is 189 g/mol. The van der Waals surface area contributed by atoms with E-state index in [2.05, 4.69) is 36.8 Å². The normalized spacial score (nSPS) is 9.00. The van der Waals surface area contributed by atoms with Crippen LogP contribution in [0.25, 0.3) is 0 Å². The molecule has 0 unspecified atom stereocenters. The van der Waals surface area contributed by atoms with Crippen molar-refractivity contribution in [3.8, 4) is 0 Å². The van der Waals surface area contributed by atoms with Crippen LogP contribution in [0.4, 0.5) is 0 Å². The van der Waals surface area contributed by atoms with Gasteiger partial charge in [0.2, 0.25) is 0 Å². The Kier molecular flexibility index (Phi) is 2.23. The maximum absolute atomic E-state index is 2.13. The Balaban J connectivity index is 2.83. The van der Waals surface area contributed by atoms with Gasteiger partial charge in [-0.25, -0.2) is 0 Å². The molecule has 0 aromatic carbocycles. The third kappa shape index (κ3) is 1.41. The van der Waals surface area contributed by atoms with E-state index >= 15 is 0 Å². The van der Waals surface area contributed by atoms with Gasteiger partial charge in [-0.3, -0.25) is 0 Å². The predicted octanol–water partition coefficient (Wildman–Crippen LogP) is 0.478. The molecule has 1 aromatic heterocycles. The van der Waals surface area contributed by atoms with Gasteiger partial charge >= 0.3 is 59.9 Å². The monoisotopic (exact) mass is 191 g/mol. The van der Waals surface area contributed by atoms with Crippen molar-refractivity contribution < 1.29 is 24.4 Å². The van der Waals surface area contributed by atoms with Gasteiger partial charge in [-0.1, -0.05) is 0 Å². The molecule has 0 atom stereocenters. The van der Waals surface area contributed by atoms with Crippen molar-refractivity contribution in [2.24, 2.45) is 0 Å². The van der Waals surface area contributed by atoms with Gasteiger partial charge < -0.3 is 0 Å². The number of hydrogen-bond donors (Lipinski definition) is 0. The molecule has 0 amide bonds. The van der Waals surface area contributed by atoms with E-state index in [-0.39, 0.29) is 0 Å². The number of nitrogens with zero attached hydrogens (tertiary/aromatic N) is 1. The minimum atomic E-state index is 1.07. The van der Waals surface area contributed by atoms with Crippen LogP contribution >= 0.6 is 0 Å². The molecular formula is C6H7MoN+. The van der Waals surface area contributed by atoms with Crippen LogP contribution in [-0.2, 0) is 24.7 Å². The Morgan fingerprint density at radius 3 is 2.12 bits per heavy atom. The molecule has 0 bridgehead atoms. The van der Waals surface area contributed by atoms with Crippen LogP contribution in [0.1, 0.15) is 0 Å². The van der Waals surface area contributed by atoms with Crippen molar-refractivity contribution >= 4 is 0 Å². The van der Waals surface area contributed by atoms with Crippen LogP contribution in [0.15, 0.2) is 30.6 Å². The third-order valence-electron chi connectivity index (χ3n) is 0.926. The Morgan fingerprint density at radius 2 is 1.75 bits per heavy atom. The molecule has 0 aliphatic rings. The van der Waals surface area contributed by atoms with E-state index in [1.807, 2.05) is 18.2 Å². The topological polar surface area (TPSA) is 3.88 Å². The zero-order chi connectivity index (χ0) is 5.82. The Bertz CT molecular complexity index is 150. The summed E-state index contributed by atoms with van der Waals surface area (Å²) in [4.78, 5) is 1.07. The van der Waals surface area contributed by atoms with Gasteiger partial charge in [0.1, 0.15) is 0 Å². The van der Waals surface area contributed by atoms with E-state index in [4.69, 9.17) is 0 Å². The molecule has 1 rings (SSSR count). The number of hydrogen-bond acceptors (Lipinski definition) is 0. The summed E-state index contributed by atoms with van der Waals surface area (Å²) in [6, 6.07) is 6.09. The first-order chi connectivity index (χ1) is 3.93. The molecule has 0 aliphatic heterocycles. The summed E-state index contributed by atoms with van der Waals surface area (Å²) < 4.78 is 2.13. The third-order valence-corrected chi connectivity index (χ3v) is 1.66. The first kappa shape index (κ1) is 5.97. The van der Waals surface area contributed by atoms with Crippen LogP contribution < -0.4 is 4.57 Å². The van der Waals surface area contributed by atoms with Crippen molar-refractivity contribution in [1.29, 1.82) is 0 Å². The van der Waals surface area contributed by atoms with Gasteiger partial charge in [0, 0.05) is 0 Å². The molecule has 41 valence electrons. The quantitative estimate of drug-likeness (QED) is 0.446. The molecule has 0 spiro atoms. The molecule has 1 nitrogen and oxygen atoms in total. The van der Waals surface area contributed by atoms with Gasteiger partial charge in [0.25, 0.3) is 0 Å². The second-order valence-electron chi connectivity index (χ2n) is 1.52. The second kappa shape index (κ2) is 2.98. The number of aromatic nitrogens is 1. The van der Waals surface area contributed by atoms with E-state index in [0.29, 0.717) is 0 Å². The molecule has 0 saturated carbocycles. The van der Waals surface area contributed by atoms with Crippen molar-refractivity contribution in [2.75, 3.05) is 0 Å². The van der Waals surface area contributed by atoms with Crippen LogP contribution in [0.3, 0.4) is 0 Å². The van der Waals surface area contributed by atoms with Gasteiger partial charge in [0.15, 0.2) is 0 Å². The Morgan fingerprint density at radius 1 is 1.12 bits per heavy atom. The summed E-state index contributed by atoms with van der Waals surface area (Å²) in [5.41, 5.74) is 0. The molecule has 8 heavy (non-hydrogen) atoms. The average Bonchev–Trinajstić information content (AvgIpc) is 1.90. The summed E-state index contributed by atoms with van der Waals surface area (Å²) >= 11 is 2.06. The number of rotatable bonds is 1. The number of pyridine rings is 1. The van der Waals surface area contributed by atoms with E-state index < -0.39 is 0 Å². The van der Waals surface area contributed by atoms with Crippen LogP contribution in [0, 0.1) is 0 Å². The molecule has 0 saturated heterocycles. The van der Waals surface area contributed by atoms with Gasteiger partial charge in [0.05, 0.1) is 0 Å². The molecular weight excluding hydrogens is 182 g/mol. The SMILES string of the molecule is [Mo][CH2][n+]1ccccc1. The summed E-state index contributed by atoms with van der Waals surface area (Å²) in [7, 11) is 0. The van der Waals surface area contributed by atoms with Crippen molar-refractivity contribution in [3.05, 3.63) is 30.6 Å². The minimum absolute atomic E-state index is 1.07. The maximum atomic E-state index is 2.13. The summed E-state index contributed by atoms with van der Waals surface area (Å²) in [6.07, 6.45) is 4.12. The van der Waals surface area contributed by atoms with Gasteiger partial charge in [-0.05, 0) is 0 Å². The van der Waals surface area contributed by atoms with Crippen LogP contribution in [0.2, 0.25) is 0 Å². The summed E-state index contributed by atoms with van der Waals surface area (Å²) in [5, 5.41) is 0. The van der Waals surface area contributed by atoms with Crippen molar-refractivity contribution in [1.82, 2.24) is 0 Å². The zero-order valence-electron chi connectivity index (χ0n) is 4.45. The molecule has 0 radical (unpaired) electrons. The fourth-order valence-electron chi connectivity index (χ4n) is 0.520. The van der Waals surface area contributed by atoms with E-state index in [9.17, 15) is 0 Å². The van der Waals surface area contributed by atoms with Crippen molar-refractivity contribution in [3.63, 3.8) is 0 Å². The van der Waals surface area contributed by atoms with Crippen LogP contribution in [-0.4, -0.2) is 0 Å². The molecule has 0 N–H and O–H groups in total. The Hall–Kier alpha value is -0.162. The molecule has 1 heterocycles. The zero-order valence-corrected chi connectivity index (χ0v) is 6.46. The molecule has 0 fully saturated rings. The second-order valence-corrected chi connectivity index (χ2v) is 2.15. The fraction of sp³-hybridized carbons (Fsp3) is 0.167. The van der Waals surface area contributed by atoms with Crippen LogP contribution in [0.5, 0.6) is 0 Å². The first-order valence-corrected chi connectivity index (χ1v) is 3.87. The van der Waals surface area contributed by atoms with Crippen molar-refractivity contribution in [2.45, 2.75) is 4.93 Å². The standard InChI is InChI=1S/C6H7N.Mo/c1-7-5-3-2-4-6-7;/h2-6H,1H2;/q+1;. The summed E-state index contributed by atoms with van der Waals surface area (Å²) in [6.45, 7) is 0. The van der Waals surface area contributed by atoms with E-state index in [0.717, 1.165) is 4.93 Å².